The molecule has 6 heteroatoms. The third-order valence-corrected chi connectivity index (χ3v) is 4.25. The van der Waals surface area contributed by atoms with Crippen molar-refractivity contribution in [2.45, 2.75) is 13.5 Å². The standard InChI is InChI=1S/C14H12ClN3OS/c1-9-11(15)3-2-4-12(9)16-8-10-7-13(19)18-5-6-20-14(18)17-10/h2-7,16H,8H2,1H3. The Bertz CT molecular complexity index is 825. The fourth-order valence-corrected chi connectivity index (χ4v) is 2.88. The van der Waals surface area contributed by atoms with Crippen molar-refractivity contribution in [2.75, 3.05) is 5.32 Å². The molecule has 102 valence electrons. The van der Waals surface area contributed by atoms with Crippen molar-refractivity contribution in [1.29, 1.82) is 0 Å². The molecule has 0 fully saturated rings. The van der Waals surface area contributed by atoms with E-state index in [1.165, 1.54) is 11.3 Å². The van der Waals surface area contributed by atoms with Gasteiger partial charge in [-0.05, 0) is 24.6 Å². The molecule has 20 heavy (non-hydrogen) atoms. The Kier molecular flexibility index (Phi) is 3.46. The molecule has 0 saturated heterocycles. The van der Waals surface area contributed by atoms with Crippen LogP contribution in [0.2, 0.25) is 5.02 Å². The Morgan fingerprint density at radius 3 is 3.15 bits per heavy atom. The zero-order chi connectivity index (χ0) is 14.1. The van der Waals surface area contributed by atoms with Crippen LogP contribution in [-0.2, 0) is 6.54 Å². The van der Waals surface area contributed by atoms with Crippen molar-refractivity contribution >= 4 is 33.6 Å². The summed E-state index contributed by atoms with van der Waals surface area (Å²) in [5.74, 6) is 0. The number of halogens is 1. The number of benzene rings is 1. The smallest absolute Gasteiger partial charge is 0.258 e. The van der Waals surface area contributed by atoms with Crippen LogP contribution < -0.4 is 10.9 Å². The van der Waals surface area contributed by atoms with Crippen LogP contribution in [0, 0.1) is 6.92 Å². The Balaban J connectivity index is 1.86. The van der Waals surface area contributed by atoms with Crippen molar-refractivity contribution < 1.29 is 0 Å². The summed E-state index contributed by atoms with van der Waals surface area (Å²) in [7, 11) is 0. The van der Waals surface area contributed by atoms with Gasteiger partial charge in [-0.15, -0.1) is 11.3 Å². The molecular weight excluding hydrogens is 294 g/mol. The van der Waals surface area contributed by atoms with Crippen molar-refractivity contribution in [2.24, 2.45) is 0 Å². The van der Waals surface area contributed by atoms with E-state index < -0.39 is 0 Å². The lowest BCUT2D eigenvalue weighted by Crippen LogP contribution is -2.14. The normalized spacial score (nSPS) is 10.9. The molecule has 0 aliphatic rings. The fourth-order valence-electron chi connectivity index (χ4n) is 1.96. The van der Waals surface area contributed by atoms with Crippen LogP contribution in [0.5, 0.6) is 0 Å². The molecular formula is C14H12ClN3OS. The molecule has 3 aromatic rings. The number of fused-ring (bicyclic) bond motifs is 1. The maximum atomic E-state index is 11.9. The Morgan fingerprint density at radius 1 is 1.45 bits per heavy atom. The van der Waals surface area contributed by atoms with Crippen LogP contribution in [0.1, 0.15) is 11.3 Å². The second-order valence-corrected chi connectivity index (χ2v) is 5.69. The number of hydrogen-bond acceptors (Lipinski definition) is 4. The zero-order valence-corrected chi connectivity index (χ0v) is 12.3. The van der Waals surface area contributed by atoms with Gasteiger partial charge in [0.1, 0.15) is 0 Å². The van der Waals surface area contributed by atoms with Gasteiger partial charge in [0, 0.05) is 28.4 Å². The van der Waals surface area contributed by atoms with E-state index in [1.807, 2.05) is 30.5 Å². The monoisotopic (exact) mass is 305 g/mol. The minimum Gasteiger partial charge on any atom is -0.379 e. The fraction of sp³-hybridized carbons (Fsp3) is 0.143. The van der Waals surface area contributed by atoms with Gasteiger partial charge in [0.25, 0.3) is 5.56 Å². The number of nitrogens with zero attached hydrogens (tertiary/aromatic N) is 2. The maximum Gasteiger partial charge on any atom is 0.258 e. The molecule has 3 rings (SSSR count). The van der Waals surface area contributed by atoms with Gasteiger partial charge < -0.3 is 5.32 Å². The third-order valence-electron chi connectivity index (χ3n) is 3.08. The summed E-state index contributed by atoms with van der Waals surface area (Å²) in [6.07, 6.45) is 1.73. The topological polar surface area (TPSA) is 46.4 Å². The SMILES string of the molecule is Cc1c(Cl)cccc1NCc1cc(=O)n2ccsc2n1. The van der Waals surface area contributed by atoms with Crippen LogP contribution in [0.4, 0.5) is 5.69 Å². The summed E-state index contributed by atoms with van der Waals surface area (Å²) in [6, 6.07) is 7.25. The van der Waals surface area contributed by atoms with Crippen LogP contribution >= 0.6 is 22.9 Å². The van der Waals surface area contributed by atoms with Crippen molar-refractivity contribution in [3.8, 4) is 0 Å². The molecule has 1 aromatic carbocycles. The van der Waals surface area contributed by atoms with Gasteiger partial charge >= 0.3 is 0 Å². The first-order chi connectivity index (χ1) is 9.65. The first-order valence-electron chi connectivity index (χ1n) is 6.10. The molecule has 0 saturated carbocycles. The van der Waals surface area contributed by atoms with E-state index >= 15 is 0 Å². The summed E-state index contributed by atoms with van der Waals surface area (Å²) in [6.45, 7) is 2.44. The lowest BCUT2D eigenvalue weighted by molar-refractivity contribution is 0.988. The van der Waals surface area contributed by atoms with Gasteiger partial charge in [0.2, 0.25) is 0 Å². The first kappa shape index (κ1) is 13.1. The molecule has 4 nitrogen and oxygen atoms in total. The molecule has 0 atom stereocenters. The van der Waals surface area contributed by atoms with Crippen LogP contribution in [0.3, 0.4) is 0 Å². The summed E-state index contributed by atoms with van der Waals surface area (Å²) in [5.41, 5.74) is 2.60. The Morgan fingerprint density at radius 2 is 2.30 bits per heavy atom. The number of thiazole rings is 1. The van der Waals surface area contributed by atoms with Crippen molar-refractivity contribution in [3.05, 3.63) is 62.5 Å². The van der Waals surface area contributed by atoms with Gasteiger partial charge in [-0.1, -0.05) is 17.7 Å². The van der Waals surface area contributed by atoms with E-state index in [0.717, 1.165) is 22.0 Å². The summed E-state index contributed by atoms with van der Waals surface area (Å²) >= 11 is 7.52. The van der Waals surface area contributed by atoms with Gasteiger partial charge in [0.05, 0.1) is 12.2 Å². The Hall–Kier alpha value is -1.85. The van der Waals surface area contributed by atoms with Crippen LogP contribution in [0.25, 0.3) is 4.96 Å². The van der Waals surface area contributed by atoms with Crippen LogP contribution in [0.15, 0.2) is 40.6 Å². The highest BCUT2D eigenvalue weighted by Gasteiger charge is 2.05. The molecule has 0 radical (unpaired) electrons. The molecule has 0 aliphatic heterocycles. The average molecular weight is 306 g/mol. The molecule has 0 unspecified atom stereocenters. The largest absolute Gasteiger partial charge is 0.379 e. The van der Waals surface area contributed by atoms with E-state index in [-0.39, 0.29) is 5.56 Å². The van der Waals surface area contributed by atoms with Gasteiger partial charge in [-0.25, -0.2) is 4.98 Å². The highest BCUT2D eigenvalue weighted by molar-refractivity contribution is 7.15. The molecule has 0 amide bonds. The number of nitrogens with one attached hydrogen (secondary N) is 1. The highest BCUT2D eigenvalue weighted by atomic mass is 35.5. The van der Waals surface area contributed by atoms with Crippen molar-refractivity contribution in [1.82, 2.24) is 9.38 Å². The summed E-state index contributed by atoms with van der Waals surface area (Å²) in [4.78, 5) is 17.0. The quantitative estimate of drug-likeness (QED) is 0.807. The molecule has 2 heterocycles. The minimum atomic E-state index is -0.0594. The first-order valence-corrected chi connectivity index (χ1v) is 7.35. The molecule has 0 bridgehead atoms. The average Bonchev–Trinajstić information content (AvgIpc) is 2.89. The van der Waals surface area contributed by atoms with Gasteiger partial charge in [-0.3, -0.25) is 9.20 Å². The second kappa shape index (κ2) is 5.26. The Labute approximate surface area is 124 Å². The predicted octanol–water partition coefficient (Wildman–Crippen LogP) is 3.33. The summed E-state index contributed by atoms with van der Waals surface area (Å²) < 4.78 is 1.54. The van der Waals surface area contributed by atoms with Gasteiger partial charge in [-0.2, -0.15) is 0 Å². The second-order valence-electron chi connectivity index (χ2n) is 4.41. The zero-order valence-electron chi connectivity index (χ0n) is 10.8. The molecule has 0 aliphatic carbocycles. The van der Waals surface area contributed by atoms with E-state index in [1.54, 1.807) is 16.7 Å². The molecule has 1 N–H and O–H groups in total. The third kappa shape index (κ3) is 2.42. The number of aromatic nitrogens is 2. The predicted molar refractivity (Wildman–Crippen MR) is 82.9 cm³/mol. The molecule has 2 aromatic heterocycles. The van der Waals surface area contributed by atoms with E-state index in [9.17, 15) is 4.79 Å². The summed E-state index contributed by atoms with van der Waals surface area (Å²) in [5, 5.41) is 5.83. The van der Waals surface area contributed by atoms with Gasteiger partial charge in [0.15, 0.2) is 4.96 Å². The maximum absolute atomic E-state index is 11.9. The lowest BCUT2D eigenvalue weighted by Gasteiger charge is -2.10. The minimum absolute atomic E-state index is 0.0594. The highest BCUT2D eigenvalue weighted by Crippen LogP contribution is 2.23. The lowest BCUT2D eigenvalue weighted by atomic mass is 10.2. The molecule has 0 spiro atoms. The number of anilines is 1. The van der Waals surface area contributed by atoms with E-state index in [4.69, 9.17) is 11.6 Å². The number of hydrogen-bond donors (Lipinski definition) is 1. The van der Waals surface area contributed by atoms with Crippen LogP contribution in [-0.4, -0.2) is 9.38 Å². The van der Waals surface area contributed by atoms with Crippen molar-refractivity contribution in [3.63, 3.8) is 0 Å². The number of rotatable bonds is 3. The van der Waals surface area contributed by atoms with E-state index in [2.05, 4.69) is 10.3 Å². The van der Waals surface area contributed by atoms with E-state index in [0.29, 0.717) is 11.5 Å².